The maximum absolute atomic E-state index is 10.7. The van der Waals surface area contributed by atoms with Gasteiger partial charge in [0.05, 0.1) is 0 Å². The Hall–Kier alpha value is -2.14. The maximum Gasteiger partial charge on any atom is 0.327 e. The van der Waals surface area contributed by atoms with E-state index in [1.165, 1.54) is 11.6 Å². The van der Waals surface area contributed by atoms with Crippen molar-refractivity contribution in [2.24, 2.45) is 17.6 Å². The first-order valence-corrected chi connectivity index (χ1v) is 10.3. The Balaban J connectivity index is 2.48. The molecule has 0 spiro atoms. The normalized spacial score (nSPS) is 14.6. The van der Waals surface area contributed by atoms with E-state index in [9.17, 15) is 14.7 Å². The number of carboxylic acid groups (broad SMARTS) is 1. The topological polar surface area (TPSA) is 101 Å². The molecule has 0 amide bonds. The molecule has 0 saturated heterocycles. The quantitative estimate of drug-likeness (QED) is 0.233. The highest BCUT2D eigenvalue weighted by molar-refractivity contribution is 5.79. The van der Waals surface area contributed by atoms with Crippen LogP contribution in [0.3, 0.4) is 0 Å². The number of aromatic hydroxyl groups is 1. The summed E-state index contributed by atoms with van der Waals surface area (Å²) in [7, 11) is 0. The number of rotatable bonds is 15. The van der Waals surface area contributed by atoms with Crippen molar-refractivity contribution >= 4 is 12.3 Å². The summed E-state index contributed by atoms with van der Waals surface area (Å²) in [5, 5.41) is 18.1. The Bertz CT molecular complexity index is 597. The number of aldehydes is 1. The first-order valence-electron chi connectivity index (χ1n) is 10.3. The molecular formula is C23H35NO4. The minimum absolute atomic E-state index is 0.0673. The van der Waals surface area contributed by atoms with Crippen molar-refractivity contribution in [3.63, 3.8) is 0 Å². The summed E-state index contributed by atoms with van der Waals surface area (Å²) in [6.45, 7) is 1.92. The van der Waals surface area contributed by atoms with Gasteiger partial charge in [-0.15, -0.1) is 0 Å². The van der Waals surface area contributed by atoms with Gasteiger partial charge in [0.15, 0.2) is 0 Å². The van der Waals surface area contributed by atoms with E-state index in [0.29, 0.717) is 5.92 Å². The van der Waals surface area contributed by atoms with E-state index in [2.05, 4.69) is 0 Å². The summed E-state index contributed by atoms with van der Waals surface area (Å²) >= 11 is 0. The van der Waals surface area contributed by atoms with Gasteiger partial charge in [0.2, 0.25) is 0 Å². The van der Waals surface area contributed by atoms with Crippen LogP contribution < -0.4 is 5.73 Å². The van der Waals surface area contributed by atoms with Gasteiger partial charge in [-0.2, -0.15) is 0 Å². The van der Waals surface area contributed by atoms with Crippen LogP contribution in [-0.4, -0.2) is 28.5 Å². The average Bonchev–Trinajstić information content (AvgIpc) is 2.67. The fraction of sp³-hybridized carbons (Fsp3) is 0.565. The number of phenolic OH excluding ortho intramolecular Hbond substituents is 1. The molecule has 0 fully saturated rings. The smallest absolute Gasteiger partial charge is 0.327 e. The molecule has 0 heterocycles. The number of carboxylic acids is 1. The van der Waals surface area contributed by atoms with E-state index in [-0.39, 0.29) is 17.7 Å². The molecule has 0 aliphatic carbocycles. The second-order valence-electron chi connectivity index (χ2n) is 7.79. The molecule has 1 aromatic carbocycles. The van der Waals surface area contributed by atoms with Crippen LogP contribution in [0.5, 0.6) is 5.75 Å². The Labute approximate surface area is 168 Å². The van der Waals surface area contributed by atoms with Crippen molar-refractivity contribution in [3.05, 3.63) is 42.0 Å². The molecule has 156 valence electrons. The molecule has 0 saturated carbocycles. The summed E-state index contributed by atoms with van der Waals surface area (Å²) in [6, 6.07) is 7.47. The van der Waals surface area contributed by atoms with E-state index >= 15 is 0 Å². The predicted molar refractivity (Wildman–Crippen MR) is 112 cm³/mol. The van der Waals surface area contributed by atoms with Gasteiger partial charge in [0.1, 0.15) is 12.0 Å². The lowest BCUT2D eigenvalue weighted by molar-refractivity contribution is -0.131. The highest BCUT2D eigenvalue weighted by atomic mass is 16.4. The fourth-order valence-electron chi connectivity index (χ4n) is 3.33. The second kappa shape index (κ2) is 13.9. The molecule has 3 unspecified atom stereocenters. The minimum Gasteiger partial charge on any atom is -0.508 e. The van der Waals surface area contributed by atoms with Crippen LogP contribution in [0.4, 0.5) is 0 Å². The molecule has 0 aliphatic rings. The zero-order chi connectivity index (χ0) is 20.8. The van der Waals surface area contributed by atoms with Crippen LogP contribution in [0.25, 0.3) is 0 Å². The zero-order valence-corrected chi connectivity index (χ0v) is 16.9. The molecule has 0 aromatic heterocycles. The molecular weight excluding hydrogens is 354 g/mol. The van der Waals surface area contributed by atoms with Gasteiger partial charge in [0, 0.05) is 18.0 Å². The Kier molecular flexibility index (Phi) is 11.9. The van der Waals surface area contributed by atoms with Gasteiger partial charge in [0.25, 0.3) is 0 Å². The van der Waals surface area contributed by atoms with Crippen molar-refractivity contribution in [1.82, 2.24) is 0 Å². The summed E-state index contributed by atoms with van der Waals surface area (Å²) in [6.07, 6.45) is 12.4. The monoisotopic (exact) mass is 389 g/mol. The largest absolute Gasteiger partial charge is 0.508 e. The molecule has 0 bridgehead atoms. The number of hydrogen-bond donors (Lipinski definition) is 3. The van der Waals surface area contributed by atoms with Crippen molar-refractivity contribution < 1.29 is 19.8 Å². The number of benzene rings is 1. The van der Waals surface area contributed by atoms with Crippen LogP contribution in [-0.2, 0) is 16.0 Å². The number of carbonyl (C=O) groups excluding carboxylic acids is 1. The lowest BCUT2D eigenvalue weighted by Gasteiger charge is -2.20. The number of aliphatic carboxylic acids is 1. The van der Waals surface area contributed by atoms with Gasteiger partial charge >= 0.3 is 5.97 Å². The fourth-order valence-corrected chi connectivity index (χ4v) is 3.33. The third-order valence-electron chi connectivity index (χ3n) is 5.13. The van der Waals surface area contributed by atoms with E-state index in [1.54, 1.807) is 18.2 Å². The lowest BCUT2D eigenvalue weighted by atomic mass is 9.87. The van der Waals surface area contributed by atoms with Gasteiger partial charge < -0.3 is 20.7 Å². The molecule has 1 rings (SSSR count). The number of hydrogen-bond acceptors (Lipinski definition) is 4. The average molecular weight is 390 g/mol. The first-order chi connectivity index (χ1) is 13.4. The van der Waals surface area contributed by atoms with Crippen LogP contribution in [0.15, 0.2) is 36.4 Å². The zero-order valence-electron chi connectivity index (χ0n) is 16.9. The summed E-state index contributed by atoms with van der Waals surface area (Å²) in [4.78, 5) is 21.2. The number of unbranched alkanes of at least 4 members (excludes halogenated alkanes) is 2. The number of allylic oxidation sites excluding steroid dienone is 1. The highest BCUT2D eigenvalue weighted by Gasteiger charge is 2.13. The number of nitrogens with two attached hydrogens (primary N) is 1. The standard InChI is InChI=1S/C23H35NO4/c1-18(17-25)8-12-21(24)13-9-19(6-4-2-3-5-7-23(27)28)16-20-10-14-22(26)15-11-20/h5,7,10-11,14-15,17-19,21,26H,2-4,6,8-9,12-13,16,24H2,1H3,(H,27,28). The molecule has 5 nitrogen and oxygen atoms in total. The third kappa shape index (κ3) is 11.5. The van der Waals surface area contributed by atoms with Crippen LogP contribution in [0, 0.1) is 11.8 Å². The van der Waals surface area contributed by atoms with Gasteiger partial charge in [-0.3, -0.25) is 0 Å². The van der Waals surface area contributed by atoms with E-state index in [1.807, 2.05) is 19.1 Å². The molecule has 3 atom stereocenters. The third-order valence-corrected chi connectivity index (χ3v) is 5.13. The SMILES string of the molecule is CC(C=O)CCC(N)CCC(CCCCC=CC(=O)O)Cc1ccc(O)cc1. The molecule has 28 heavy (non-hydrogen) atoms. The number of phenols is 1. The second-order valence-corrected chi connectivity index (χ2v) is 7.79. The first kappa shape index (κ1) is 23.9. The van der Waals surface area contributed by atoms with Crippen molar-refractivity contribution in [3.8, 4) is 5.75 Å². The molecule has 0 aliphatic heterocycles. The molecule has 0 radical (unpaired) electrons. The molecule has 4 N–H and O–H groups in total. The van der Waals surface area contributed by atoms with E-state index < -0.39 is 5.97 Å². The van der Waals surface area contributed by atoms with Crippen molar-refractivity contribution in [1.29, 1.82) is 0 Å². The Morgan fingerprint density at radius 3 is 2.39 bits per heavy atom. The minimum atomic E-state index is -0.900. The Morgan fingerprint density at radius 1 is 1.07 bits per heavy atom. The van der Waals surface area contributed by atoms with Crippen LogP contribution in [0.2, 0.25) is 0 Å². The Morgan fingerprint density at radius 2 is 1.75 bits per heavy atom. The number of carbonyl (C=O) groups is 2. The molecule has 5 heteroatoms. The van der Waals surface area contributed by atoms with Crippen LogP contribution >= 0.6 is 0 Å². The van der Waals surface area contributed by atoms with E-state index in [4.69, 9.17) is 10.8 Å². The van der Waals surface area contributed by atoms with Gasteiger partial charge in [-0.25, -0.2) is 4.79 Å². The van der Waals surface area contributed by atoms with Crippen molar-refractivity contribution in [2.45, 2.75) is 70.8 Å². The maximum atomic E-state index is 10.7. The summed E-state index contributed by atoms with van der Waals surface area (Å²) < 4.78 is 0. The summed E-state index contributed by atoms with van der Waals surface area (Å²) in [5.41, 5.74) is 7.45. The van der Waals surface area contributed by atoms with E-state index in [0.717, 1.165) is 64.1 Å². The van der Waals surface area contributed by atoms with Gasteiger partial charge in [-0.05, 0) is 68.6 Å². The predicted octanol–water partition coefficient (Wildman–Crippen LogP) is 4.47. The van der Waals surface area contributed by atoms with Gasteiger partial charge in [-0.1, -0.05) is 38.0 Å². The highest BCUT2D eigenvalue weighted by Crippen LogP contribution is 2.23. The van der Waals surface area contributed by atoms with Crippen LogP contribution in [0.1, 0.15) is 63.9 Å². The molecule has 1 aromatic rings. The summed E-state index contributed by atoms with van der Waals surface area (Å²) in [5.74, 6) is -0.0554. The lowest BCUT2D eigenvalue weighted by Crippen LogP contribution is -2.22. The van der Waals surface area contributed by atoms with Crippen molar-refractivity contribution in [2.75, 3.05) is 0 Å².